The van der Waals surface area contributed by atoms with E-state index >= 15 is 0 Å². The first-order valence-electron chi connectivity index (χ1n) is 10.3. The number of cyclic esters (lactones) is 1. The number of halogens is 2. The van der Waals surface area contributed by atoms with E-state index in [-0.39, 0.29) is 19.6 Å². The van der Waals surface area contributed by atoms with Crippen LogP contribution in [0.1, 0.15) is 37.3 Å². The van der Waals surface area contributed by atoms with E-state index in [2.05, 4.69) is 5.32 Å². The molecule has 7 nitrogen and oxygen atoms in total. The number of benzene rings is 1. The molecule has 30 heavy (non-hydrogen) atoms. The van der Waals surface area contributed by atoms with Gasteiger partial charge in [-0.2, -0.15) is 0 Å². The smallest absolute Gasteiger partial charge is 0.410 e. The summed E-state index contributed by atoms with van der Waals surface area (Å²) in [6.07, 6.45) is -2.72. The Morgan fingerprint density at radius 2 is 2.00 bits per heavy atom. The van der Waals surface area contributed by atoms with Crippen molar-refractivity contribution in [2.24, 2.45) is 0 Å². The number of rotatable bonds is 9. The zero-order valence-electron chi connectivity index (χ0n) is 17.6. The molecule has 0 bridgehead atoms. The van der Waals surface area contributed by atoms with Crippen LogP contribution >= 0.6 is 0 Å². The molecule has 1 aromatic rings. The molecule has 2 saturated heterocycles. The molecule has 0 aliphatic carbocycles. The zero-order chi connectivity index (χ0) is 21.9. The lowest BCUT2D eigenvalue weighted by molar-refractivity contribution is -0.0974. The molecular weight excluding hydrogens is 398 g/mol. The second-order valence-corrected chi connectivity index (χ2v) is 8.10. The minimum Gasteiger partial charge on any atom is -0.490 e. The summed E-state index contributed by atoms with van der Waals surface area (Å²) in [7, 11) is 0. The third-order valence-corrected chi connectivity index (χ3v) is 5.33. The number of nitrogens with zero attached hydrogens (tertiary/aromatic N) is 1. The minimum atomic E-state index is -3.25. The number of carbonyl (C=O) groups is 1. The summed E-state index contributed by atoms with van der Waals surface area (Å²) in [6, 6.07) is 5.90. The average molecular weight is 428 g/mol. The molecule has 1 amide bonds. The number of ether oxygens (including phenoxy) is 3. The number of alkyl halides is 2. The van der Waals surface area contributed by atoms with Gasteiger partial charge in [-0.3, -0.25) is 5.32 Å². The Labute approximate surface area is 175 Å². The highest BCUT2D eigenvalue weighted by atomic mass is 19.3. The van der Waals surface area contributed by atoms with Gasteiger partial charge in [-0.1, -0.05) is 6.07 Å². The number of carbonyl (C=O) groups excluding carboxylic acids is 1. The van der Waals surface area contributed by atoms with Crippen molar-refractivity contribution < 1.29 is 32.9 Å². The van der Waals surface area contributed by atoms with Crippen molar-refractivity contribution in [3.8, 4) is 5.75 Å². The average Bonchev–Trinajstić information content (AvgIpc) is 3.09. The van der Waals surface area contributed by atoms with Crippen LogP contribution in [0.2, 0.25) is 0 Å². The Kier molecular flexibility index (Phi) is 6.84. The third-order valence-electron chi connectivity index (χ3n) is 5.33. The summed E-state index contributed by atoms with van der Waals surface area (Å²) in [4.78, 5) is 13.7. The fourth-order valence-electron chi connectivity index (χ4n) is 4.09. The molecule has 2 fully saturated rings. The molecule has 3 atom stereocenters. The van der Waals surface area contributed by atoms with Crippen molar-refractivity contribution in [1.29, 1.82) is 0 Å². The van der Waals surface area contributed by atoms with Crippen LogP contribution in [0.3, 0.4) is 0 Å². The van der Waals surface area contributed by atoms with Gasteiger partial charge in [0.05, 0.1) is 13.0 Å². The number of hydrogen-bond acceptors (Lipinski definition) is 6. The summed E-state index contributed by atoms with van der Waals surface area (Å²) >= 11 is 0. The van der Waals surface area contributed by atoms with Gasteiger partial charge in [0.1, 0.15) is 18.1 Å². The Morgan fingerprint density at radius 1 is 1.30 bits per heavy atom. The molecule has 3 unspecified atom stereocenters. The minimum absolute atomic E-state index is 0.236. The fraction of sp³-hybridized carbons (Fsp3) is 0.667. The molecule has 2 aliphatic rings. The molecule has 0 aromatic heterocycles. The monoisotopic (exact) mass is 428 g/mol. The molecule has 2 N–H and O–H groups in total. The van der Waals surface area contributed by atoms with Crippen molar-refractivity contribution in [2.45, 2.75) is 64.0 Å². The van der Waals surface area contributed by atoms with Gasteiger partial charge < -0.3 is 24.2 Å². The van der Waals surface area contributed by atoms with Crippen LogP contribution in [-0.2, 0) is 9.47 Å². The van der Waals surface area contributed by atoms with E-state index < -0.39 is 36.5 Å². The molecule has 2 aliphatic heterocycles. The maximum atomic E-state index is 13.8. The number of aliphatic hydroxyl groups excluding tert-OH is 1. The van der Waals surface area contributed by atoms with Crippen LogP contribution in [0.25, 0.3) is 0 Å². The first-order chi connectivity index (χ1) is 14.1. The standard InChI is InChI=1S/C21H30F2N2O5/c1-4-29-20(13-21(22,23)18(26)24-20)6-5-7-25-11-17(30-19(25)27)12-28-16-9-14(2)8-15(3)10-16/h8-10,17-18,24,26H,4-7,11-13H2,1-3H3. The van der Waals surface area contributed by atoms with E-state index in [1.807, 2.05) is 32.0 Å². The third kappa shape index (κ3) is 5.39. The van der Waals surface area contributed by atoms with Crippen LogP contribution in [0.4, 0.5) is 13.6 Å². The van der Waals surface area contributed by atoms with E-state index in [1.165, 1.54) is 0 Å². The van der Waals surface area contributed by atoms with E-state index in [4.69, 9.17) is 14.2 Å². The van der Waals surface area contributed by atoms with Gasteiger partial charge in [0.15, 0.2) is 12.3 Å². The highest BCUT2D eigenvalue weighted by Gasteiger charge is 2.56. The van der Waals surface area contributed by atoms with Crippen LogP contribution in [0, 0.1) is 13.8 Å². The number of aryl methyl sites for hydroxylation is 2. The lowest BCUT2D eigenvalue weighted by Gasteiger charge is -2.29. The summed E-state index contributed by atoms with van der Waals surface area (Å²) in [5, 5.41) is 12.0. The van der Waals surface area contributed by atoms with Crippen molar-refractivity contribution in [1.82, 2.24) is 10.2 Å². The molecule has 9 heteroatoms. The molecule has 3 rings (SSSR count). The predicted octanol–water partition coefficient (Wildman–Crippen LogP) is 2.96. The first-order valence-corrected chi connectivity index (χ1v) is 10.3. The van der Waals surface area contributed by atoms with E-state index in [0.717, 1.165) is 16.9 Å². The maximum Gasteiger partial charge on any atom is 0.410 e. The van der Waals surface area contributed by atoms with E-state index in [1.54, 1.807) is 11.8 Å². The Hall–Kier alpha value is -1.97. The van der Waals surface area contributed by atoms with Gasteiger partial charge >= 0.3 is 6.09 Å². The molecule has 1 aromatic carbocycles. The van der Waals surface area contributed by atoms with Crippen molar-refractivity contribution in [2.75, 3.05) is 26.3 Å². The van der Waals surface area contributed by atoms with Gasteiger partial charge in [0.2, 0.25) is 0 Å². The second kappa shape index (κ2) is 9.03. The van der Waals surface area contributed by atoms with Gasteiger partial charge in [0, 0.05) is 13.2 Å². The van der Waals surface area contributed by atoms with Crippen molar-refractivity contribution >= 4 is 6.09 Å². The molecule has 0 saturated carbocycles. The Balaban J connectivity index is 1.47. The maximum absolute atomic E-state index is 13.8. The van der Waals surface area contributed by atoms with Gasteiger partial charge in [0.25, 0.3) is 5.92 Å². The summed E-state index contributed by atoms with van der Waals surface area (Å²) in [6.45, 7) is 6.88. The number of aliphatic hydroxyl groups is 1. The molecule has 168 valence electrons. The van der Waals surface area contributed by atoms with Crippen LogP contribution in [-0.4, -0.2) is 66.4 Å². The van der Waals surface area contributed by atoms with E-state index in [9.17, 15) is 18.7 Å². The molecular formula is C21H30F2N2O5. The number of amides is 1. The zero-order valence-corrected chi connectivity index (χ0v) is 17.6. The SMILES string of the molecule is CCOC1(CCCN2CC(COc3cc(C)cc(C)c3)OC2=O)CC(F)(F)C(O)N1. The normalized spacial score (nSPS) is 28.1. The van der Waals surface area contributed by atoms with Crippen LogP contribution in [0.15, 0.2) is 18.2 Å². The lowest BCUT2D eigenvalue weighted by atomic mass is 10.0. The predicted molar refractivity (Wildman–Crippen MR) is 106 cm³/mol. The largest absolute Gasteiger partial charge is 0.490 e. The van der Waals surface area contributed by atoms with Crippen LogP contribution in [0.5, 0.6) is 5.75 Å². The summed E-state index contributed by atoms with van der Waals surface area (Å²) < 4.78 is 44.2. The topological polar surface area (TPSA) is 80.3 Å². The molecule has 0 spiro atoms. The van der Waals surface area contributed by atoms with Crippen molar-refractivity contribution in [3.63, 3.8) is 0 Å². The summed E-state index contributed by atoms with van der Waals surface area (Å²) in [5.74, 6) is -2.52. The summed E-state index contributed by atoms with van der Waals surface area (Å²) in [5.41, 5.74) is 0.885. The Bertz CT molecular complexity index is 743. The quantitative estimate of drug-likeness (QED) is 0.630. The highest BCUT2D eigenvalue weighted by molar-refractivity contribution is 5.69. The number of nitrogens with one attached hydrogen (secondary N) is 1. The highest BCUT2D eigenvalue weighted by Crippen LogP contribution is 2.39. The van der Waals surface area contributed by atoms with E-state index in [0.29, 0.717) is 19.5 Å². The van der Waals surface area contributed by atoms with Gasteiger partial charge in [-0.05, 0) is 56.9 Å². The lowest BCUT2D eigenvalue weighted by Crippen LogP contribution is -2.46. The Morgan fingerprint density at radius 3 is 2.60 bits per heavy atom. The molecule has 0 radical (unpaired) electrons. The first kappa shape index (κ1) is 22.7. The van der Waals surface area contributed by atoms with Gasteiger partial charge in [-0.15, -0.1) is 0 Å². The van der Waals surface area contributed by atoms with Gasteiger partial charge in [-0.25, -0.2) is 13.6 Å². The fourth-order valence-corrected chi connectivity index (χ4v) is 4.09. The van der Waals surface area contributed by atoms with Crippen LogP contribution < -0.4 is 10.1 Å². The second-order valence-electron chi connectivity index (χ2n) is 8.10. The van der Waals surface area contributed by atoms with Crippen molar-refractivity contribution in [3.05, 3.63) is 29.3 Å². The number of hydrogen-bond donors (Lipinski definition) is 2. The molecule has 2 heterocycles.